The topological polar surface area (TPSA) is 55.1 Å². The van der Waals surface area contributed by atoms with Crippen molar-refractivity contribution < 1.29 is 22.4 Å². The second-order valence-electron chi connectivity index (χ2n) is 3.11. The smallest absolute Gasteiger partial charge is 0.397 e. The van der Waals surface area contributed by atoms with Crippen molar-refractivity contribution in [1.29, 1.82) is 0 Å². The van der Waals surface area contributed by atoms with Gasteiger partial charge >= 0.3 is 12.1 Å². The monoisotopic (exact) mass is 236 g/mol. The van der Waals surface area contributed by atoms with E-state index in [4.69, 9.17) is 5.73 Å². The van der Waals surface area contributed by atoms with E-state index in [9.17, 15) is 22.4 Å². The lowest BCUT2D eigenvalue weighted by atomic mass is 10.1. The van der Waals surface area contributed by atoms with Crippen molar-refractivity contribution >= 4 is 17.3 Å². The summed E-state index contributed by atoms with van der Waals surface area (Å²) < 4.78 is 49.1. The normalized spacial score (nSPS) is 11.3. The number of rotatable bonds is 1. The van der Waals surface area contributed by atoms with Crippen LogP contribution in [0.15, 0.2) is 12.1 Å². The molecule has 0 unspecified atom stereocenters. The van der Waals surface area contributed by atoms with Crippen LogP contribution in [0.25, 0.3) is 0 Å². The minimum atomic E-state index is -5.08. The number of nitrogen functional groups attached to an aromatic ring is 1. The molecular formula is C9H8F4N2O. The highest BCUT2D eigenvalue weighted by atomic mass is 19.4. The van der Waals surface area contributed by atoms with Gasteiger partial charge in [-0.05, 0) is 18.6 Å². The maximum atomic E-state index is 13.3. The van der Waals surface area contributed by atoms with Crippen LogP contribution < -0.4 is 11.1 Å². The summed E-state index contributed by atoms with van der Waals surface area (Å²) >= 11 is 0. The molecule has 0 aliphatic carbocycles. The Bertz CT molecular complexity index is 428. The number of nitrogens with one attached hydrogen (secondary N) is 1. The van der Waals surface area contributed by atoms with Gasteiger partial charge in [-0.1, -0.05) is 6.07 Å². The quantitative estimate of drug-likeness (QED) is 0.580. The number of hydrogen-bond donors (Lipinski definition) is 2. The average molecular weight is 236 g/mol. The van der Waals surface area contributed by atoms with E-state index in [-0.39, 0.29) is 11.3 Å². The Hall–Kier alpha value is -1.79. The molecule has 0 saturated heterocycles. The molecule has 0 spiro atoms. The average Bonchev–Trinajstić information content (AvgIpc) is 2.17. The van der Waals surface area contributed by atoms with Crippen molar-refractivity contribution in [2.45, 2.75) is 13.1 Å². The van der Waals surface area contributed by atoms with Crippen molar-refractivity contribution in [1.82, 2.24) is 0 Å². The summed E-state index contributed by atoms with van der Waals surface area (Å²) in [6.45, 7) is 1.35. The van der Waals surface area contributed by atoms with E-state index in [0.717, 1.165) is 0 Å². The van der Waals surface area contributed by atoms with E-state index in [2.05, 4.69) is 0 Å². The Morgan fingerprint density at radius 1 is 1.38 bits per heavy atom. The molecular weight excluding hydrogens is 228 g/mol. The molecule has 1 rings (SSSR count). The molecule has 0 bridgehead atoms. The van der Waals surface area contributed by atoms with E-state index in [1.807, 2.05) is 0 Å². The van der Waals surface area contributed by atoms with Crippen LogP contribution >= 0.6 is 0 Å². The first-order valence-corrected chi connectivity index (χ1v) is 4.16. The molecule has 0 aliphatic rings. The summed E-state index contributed by atoms with van der Waals surface area (Å²) in [7, 11) is 0. The number of halogens is 4. The maximum absolute atomic E-state index is 13.3. The third-order valence-electron chi connectivity index (χ3n) is 1.86. The van der Waals surface area contributed by atoms with Crippen LogP contribution in [-0.4, -0.2) is 12.1 Å². The molecule has 16 heavy (non-hydrogen) atoms. The highest BCUT2D eigenvalue weighted by Crippen LogP contribution is 2.27. The Kier molecular flexibility index (Phi) is 3.06. The van der Waals surface area contributed by atoms with Gasteiger partial charge in [-0.3, -0.25) is 4.79 Å². The zero-order valence-electron chi connectivity index (χ0n) is 8.15. The number of hydrogen-bond acceptors (Lipinski definition) is 2. The molecule has 88 valence electrons. The van der Waals surface area contributed by atoms with Gasteiger partial charge in [-0.15, -0.1) is 0 Å². The summed E-state index contributed by atoms with van der Waals surface area (Å²) in [4.78, 5) is 10.6. The molecule has 0 aromatic heterocycles. The number of nitrogens with two attached hydrogens (primary N) is 1. The second kappa shape index (κ2) is 3.99. The Morgan fingerprint density at radius 3 is 2.44 bits per heavy atom. The van der Waals surface area contributed by atoms with Crippen LogP contribution in [0.2, 0.25) is 0 Å². The minimum Gasteiger partial charge on any atom is -0.397 e. The number of alkyl halides is 3. The van der Waals surface area contributed by atoms with Crippen LogP contribution in [0.5, 0.6) is 0 Å². The van der Waals surface area contributed by atoms with Gasteiger partial charge in [0, 0.05) is 0 Å². The first-order chi connectivity index (χ1) is 7.23. The number of carbonyl (C=O) groups is 1. The highest BCUT2D eigenvalue weighted by Gasteiger charge is 2.39. The molecule has 0 radical (unpaired) electrons. The maximum Gasteiger partial charge on any atom is 0.471 e. The van der Waals surface area contributed by atoms with E-state index in [0.29, 0.717) is 0 Å². The fourth-order valence-corrected chi connectivity index (χ4v) is 1.01. The third-order valence-corrected chi connectivity index (χ3v) is 1.86. The summed E-state index contributed by atoms with van der Waals surface area (Å²) in [6.07, 6.45) is -5.08. The number of carbonyl (C=O) groups excluding carboxylic acids is 1. The predicted octanol–water partition coefficient (Wildman–Crippen LogP) is 2.22. The van der Waals surface area contributed by atoms with E-state index in [1.54, 1.807) is 0 Å². The van der Waals surface area contributed by atoms with Crippen molar-refractivity contribution in [3.8, 4) is 0 Å². The molecule has 3 nitrogen and oxygen atoms in total. The van der Waals surface area contributed by atoms with Gasteiger partial charge in [0.05, 0.1) is 5.69 Å². The molecule has 0 aliphatic heterocycles. The van der Waals surface area contributed by atoms with Crippen LogP contribution in [0, 0.1) is 12.7 Å². The molecule has 0 fully saturated rings. The van der Waals surface area contributed by atoms with Crippen LogP contribution in [0.3, 0.4) is 0 Å². The summed E-state index contributed by atoms with van der Waals surface area (Å²) in [5.41, 5.74) is 4.44. The fourth-order valence-electron chi connectivity index (χ4n) is 1.01. The molecule has 1 amide bonds. The number of anilines is 2. The molecule has 1 aromatic rings. The number of benzene rings is 1. The molecule has 3 N–H and O–H groups in total. The summed E-state index contributed by atoms with van der Waals surface area (Å²) in [5.74, 6) is -3.23. The molecule has 1 aromatic carbocycles. The standard InChI is InChI=1S/C9H8F4N2O/c1-4-2-3-5(14)7(6(4)10)15-8(16)9(11,12)13/h2-3H,14H2,1H3,(H,15,16). The van der Waals surface area contributed by atoms with E-state index in [1.165, 1.54) is 24.4 Å². The lowest BCUT2D eigenvalue weighted by Crippen LogP contribution is -2.30. The van der Waals surface area contributed by atoms with Crippen molar-refractivity contribution in [2.75, 3.05) is 11.1 Å². The van der Waals surface area contributed by atoms with Crippen molar-refractivity contribution in [3.05, 3.63) is 23.5 Å². The number of amides is 1. The molecule has 0 heterocycles. The van der Waals surface area contributed by atoms with Crippen molar-refractivity contribution in [3.63, 3.8) is 0 Å². The summed E-state index contributed by atoms with van der Waals surface area (Å²) in [5, 5.41) is 1.40. The second-order valence-corrected chi connectivity index (χ2v) is 3.11. The van der Waals surface area contributed by atoms with Gasteiger partial charge in [0.25, 0.3) is 0 Å². The first kappa shape index (κ1) is 12.3. The molecule has 7 heteroatoms. The Morgan fingerprint density at radius 2 is 1.94 bits per heavy atom. The van der Waals surface area contributed by atoms with Gasteiger partial charge in [-0.2, -0.15) is 13.2 Å². The van der Waals surface area contributed by atoms with Gasteiger partial charge < -0.3 is 11.1 Å². The number of aryl methyl sites for hydroxylation is 1. The Balaban J connectivity index is 3.07. The fraction of sp³-hybridized carbons (Fsp3) is 0.222. The largest absolute Gasteiger partial charge is 0.471 e. The lowest BCUT2D eigenvalue weighted by Gasteiger charge is -2.12. The zero-order valence-corrected chi connectivity index (χ0v) is 8.15. The van der Waals surface area contributed by atoms with Crippen molar-refractivity contribution in [2.24, 2.45) is 0 Å². The zero-order chi connectivity index (χ0) is 12.5. The first-order valence-electron chi connectivity index (χ1n) is 4.16. The van der Waals surface area contributed by atoms with Crippen LogP contribution in [0.4, 0.5) is 28.9 Å². The highest BCUT2D eigenvalue weighted by molar-refractivity contribution is 5.97. The summed E-state index contributed by atoms with van der Waals surface area (Å²) in [6, 6.07) is 2.51. The van der Waals surface area contributed by atoms with Gasteiger partial charge in [-0.25, -0.2) is 4.39 Å². The third kappa shape index (κ3) is 2.41. The molecule has 0 saturated carbocycles. The van der Waals surface area contributed by atoms with E-state index < -0.39 is 23.6 Å². The lowest BCUT2D eigenvalue weighted by molar-refractivity contribution is -0.167. The van der Waals surface area contributed by atoms with Crippen LogP contribution in [0.1, 0.15) is 5.56 Å². The van der Waals surface area contributed by atoms with Gasteiger partial charge in [0.15, 0.2) is 5.82 Å². The van der Waals surface area contributed by atoms with E-state index >= 15 is 0 Å². The van der Waals surface area contributed by atoms with Gasteiger partial charge in [0.2, 0.25) is 0 Å². The van der Waals surface area contributed by atoms with Crippen LogP contribution in [-0.2, 0) is 4.79 Å². The predicted molar refractivity (Wildman–Crippen MR) is 50.2 cm³/mol. The Labute approximate surface area is 88.2 Å². The SMILES string of the molecule is Cc1ccc(N)c(NC(=O)C(F)(F)F)c1F. The minimum absolute atomic E-state index is 0.0895. The molecule has 0 atom stereocenters. The van der Waals surface area contributed by atoms with Gasteiger partial charge in [0.1, 0.15) is 5.69 Å².